The minimum absolute atomic E-state index is 0.537. The molecule has 1 aromatic rings. The maximum absolute atomic E-state index is 11.6. The van der Waals surface area contributed by atoms with Gasteiger partial charge in [0.1, 0.15) is 11.8 Å². The molecular formula is C15H21NO3. The van der Waals surface area contributed by atoms with Crippen molar-refractivity contribution in [3.63, 3.8) is 0 Å². The highest BCUT2D eigenvalue weighted by Gasteiger charge is 2.28. The summed E-state index contributed by atoms with van der Waals surface area (Å²) < 4.78 is 5.22. The van der Waals surface area contributed by atoms with E-state index in [1.165, 1.54) is 6.42 Å². The molecule has 1 unspecified atom stereocenters. The summed E-state index contributed by atoms with van der Waals surface area (Å²) in [6, 6.07) is 5.10. The van der Waals surface area contributed by atoms with Gasteiger partial charge in [-0.15, -0.1) is 0 Å². The highest BCUT2D eigenvalue weighted by molar-refractivity contribution is 5.75. The Hall–Kier alpha value is -1.55. The van der Waals surface area contributed by atoms with Gasteiger partial charge in [0.2, 0.25) is 0 Å². The number of carbonyl (C=O) groups is 1. The molecule has 0 bridgehead atoms. The van der Waals surface area contributed by atoms with Gasteiger partial charge in [-0.2, -0.15) is 0 Å². The number of aryl methyl sites for hydroxylation is 1. The Kier molecular flexibility index (Phi) is 4.43. The number of piperidine rings is 1. The minimum atomic E-state index is -0.772. The molecule has 104 valence electrons. The molecule has 19 heavy (non-hydrogen) atoms. The van der Waals surface area contributed by atoms with Crippen LogP contribution in [0.2, 0.25) is 0 Å². The maximum atomic E-state index is 11.6. The number of hydrogen-bond donors (Lipinski definition) is 1. The molecule has 0 aliphatic carbocycles. The molecule has 1 fully saturated rings. The van der Waals surface area contributed by atoms with Crippen molar-refractivity contribution in [3.05, 3.63) is 29.3 Å². The molecule has 0 aromatic heterocycles. The van der Waals surface area contributed by atoms with Crippen LogP contribution in [0.4, 0.5) is 0 Å². The van der Waals surface area contributed by atoms with Crippen molar-refractivity contribution < 1.29 is 14.6 Å². The monoisotopic (exact) mass is 263 g/mol. The first-order chi connectivity index (χ1) is 9.13. The fraction of sp³-hybridized carbons (Fsp3) is 0.533. The summed E-state index contributed by atoms with van der Waals surface area (Å²) in [5.74, 6) is 0.0259. The highest BCUT2D eigenvalue weighted by atomic mass is 16.5. The van der Waals surface area contributed by atoms with Crippen molar-refractivity contribution in [2.24, 2.45) is 0 Å². The molecule has 0 spiro atoms. The zero-order valence-electron chi connectivity index (χ0n) is 11.6. The molecule has 1 atom stereocenters. The van der Waals surface area contributed by atoms with Gasteiger partial charge >= 0.3 is 5.97 Å². The number of rotatable bonds is 4. The molecule has 1 heterocycles. The van der Waals surface area contributed by atoms with Gasteiger partial charge in [-0.3, -0.25) is 9.69 Å². The van der Waals surface area contributed by atoms with Crippen LogP contribution in [0.5, 0.6) is 5.75 Å². The summed E-state index contributed by atoms with van der Waals surface area (Å²) in [5, 5.41) is 9.52. The number of methoxy groups -OCH3 is 1. The third kappa shape index (κ3) is 3.07. The van der Waals surface area contributed by atoms with E-state index < -0.39 is 12.0 Å². The van der Waals surface area contributed by atoms with Crippen LogP contribution in [0.25, 0.3) is 0 Å². The Labute approximate surface area is 114 Å². The van der Waals surface area contributed by atoms with E-state index in [1.807, 2.05) is 25.1 Å². The second-order valence-electron chi connectivity index (χ2n) is 5.07. The molecule has 0 saturated carbocycles. The van der Waals surface area contributed by atoms with E-state index in [9.17, 15) is 9.90 Å². The molecule has 0 radical (unpaired) electrons. The fourth-order valence-corrected chi connectivity index (χ4v) is 2.76. The maximum Gasteiger partial charge on any atom is 0.325 e. The summed E-state index contributed by atoms with van der Waals surface area (Å²) in [5.41, 5.74) is 1.82. The third-order valence-corrected chi connectivity index (χ3v) is 3.72. The van der Waals surface area contributed by atoms with Crippen molar-refractivity contribution >= 4 is 5.97 Å². The molecule has 1 aliphatic heterocycles. The summed E-state index contributed by atoms with van der Waals surface area (Å²) in [6.07, 6.45) is 3.36. The van der Waals surface area contributed by atoms with Gasteiger partial charge in [0.05, 0.1) is 7.11 Å². The lowest BCUT2D eigenvalue weighted by Crippen LogP contribution is -2.37. The number of ether oxygens (including phenoxy) is 1. The number of carboxylic acids is 1. The molecule has 1 N–H and O–H groups in total. The SMILES string of the molecule is COc1ccc(C(C(=O)O)N2CCCCC2)cc1C. The molecular weight excluding hydrogens is 242 g/mol. The lowest BCUT2D eigenvalue weighted by atomic mass is 10.00. The third-order valence-electron chi connectivity index (χ3n) is 3.72. The molecule has 0 amide bonds. The van der Waals surface area contributed by atoms with Crippen molar-refractivity contribution in [1.82, 2.24) is 4.90 Å². The van der Waals surface area contributed by atoms with Crippen LogP contribution in [0.3, 0.4) is 0 Å². The zero-order chi connectivity index (χ0) is 13.8. The number of likely N-dealkylation sites (tertiary alicyclic amines) is 1. The number of benzene rings is 1. The molecule has 1 saturated heterocycles. The average molecular weight is 263 g/mol. The topological polar surface area (TPSA) is 49.8 Å². The normalized spacial score (nSPS) is 18.0. The van der Waals surface area contributed by atoms with E-state index in [4.69, 9.17) is 4.74 Å². The number of hydrogen-bond acceptors (Lipinski definition) is 3. The number of aliphatic carboxylic acids is 1. The van der Waals surface area contributed by atoms with Gasteiger partial charge in [0, 0.05) is 0 Å². The van der Waals surface area contributed by atoms with Crippen LogP contribution in [0.1, 0.15) is 36.4 Å². The molecule has 2 rings (SSSR count). The van der Waals surface area contributed by atoms with E-state index in [2.05, 4.69) is 4.90 Å². The van der Waals surface area contributed by atoms with Crippen LogP contribution >= 0.6 is 0 Å². The largest absolute Gasteiger partial charge is 0.496 e. The second-order valence-corrected chi connectivity index (χ2v) is 5.07. The summed E-state index contributed by atoms with van der Waals surface area (Å²) in [7, 11) is 1.63. The van der Waals surface area contributed by atoms with E-state index in [-0.39, 0.29) is 0 Å². The van der Waals surface area contributed by atoms with Crippen molar-refractivity contribution in [2.75, 3.05) is 20.2 Å². The average Bonchev–Trinajstić information content (AvgIpc) is 2.40. The van der Waals surface area contributed by atoms with E-state index in [0.29, 0.717) is 0 Å². The second kappa shape index (κ2) is 6.06. The van der Waals surface area contributed by atoms with Crippen LogP contribution in [0, 0.1) is 6.92 Å². The molecule has 4 heteroatoms. The first-order valence-corrected chi connectivity index (χ1v) is 6.75. The first-order valence-electron chi connectivity index (χ1n) is 6.75. The lowest BCUT2D eigenvalue weighted by molar-refractivity contribution is -0.144. The number of nitrogens with zero attached hydrogens (tertiary/aromatic N) is 1. The summed E-state index contributed by atoms with van der Waals surface area (Å²) in [4.78, 5) is 13.7. The molecule has 1 aliphatic rings. The van der Waals surface area contributed by atoms with Gasteiger partial charge in [-0.25, -0.2) is 0 Å². The Morgan fingerprint density at radius 2 is 2.00 bits per heavy atom. The van der Waals surface area contributed by atoms with Crippen molar-refractivity contribution in [3.8, 4) is 5.75 Å². The van der Waals surface area contributed by atoms with E-state index in [1.54, 1.807) is 7.11 Å². The van der Waals surface area contributed by atoms with Crippen LogP contribution in [0.15, 0.2) is 18.2 Å². The van der Waals surface area contributed by atoms with Gasteiger partial charge in [-0.05, 0) is 50.0 Å². The molecule has 1 aromatic carbocycles. The van der Waals surface area contributed by atoms with Gasteiger partial charge in [-0.1, -0.05) is 18.6 Å². The van der Waals surface area contributed by atoms with Crippen LogP contribution in [-0.4, -0.2) is 36.2 Å². The van der Waals surface area contributed by atoms with Crippen molar-refractivity contribution in [2.45, 2.75) is 32.2 Å². The standard InChI is InChI=1S/C15H21NO3/c1-11-10-12(6-7-13(11)19-2)14(15(17)18)16-8-4-3-5-9-16/h6-7,10,14H,3-5,8-9H2,1-2H3,(H,17,18). The molecule has 4 nitrogen and oxygen atoms in total. The summed E-state index contributed by atoms with van der Waals surface area (Å²) in [6.45, 7) is 3.67. The zero-order valence-corrected chi connectivity index (χ0v) is 11.6. The quantitative estimate of drug-likeness (QED) is 0.907. The Balaban J connectivity index is 2.28. The van der Waals surface area contributed by atoms with Gasteiger partial charge in [0.25, 0.3) is 0 Å². The van der Waals surface area contributed by atoms with Gasteiger partial charge < -0.3 is 9.84 Å². The van der Waals surface area contributed by atoms with Crippen molar-refractivity contribution in [1.29, 1.82) is 0 Å². The predicted octanol–water partition coefficient (Wildman–Crippen LogP) is 2.62. The van der Waals surface area contributed by atoms with Crippen LogP contribution in [-0.2, 0) is 4.79 Å². The number of carboxylic acid groups (broad SMARTS) is 1. The minimum Gasteiger partial charge on any atom is -0.496 e. The van der Waals surface area contributed by atoms with Gasteiger partial charge in [0.15, 0.2) is 0 Å². The Morgan fingerprint density at radius 3 is 2.53 bits per heavy atom. The fourth-order valence-electron chi connectivity index (χ4n) is 2.76. The lowest BCUT2D eigenvalue weighted by Gasteiger charge is -2.32. The van der Waals surface area contributed by atoms with E-state index >= 15 is 0 Å². The van der Waals surface area contributed by atoms with Crippen LogP contribution < -0.4 is 4.74 Å². The summed E-state index contributed by atoms with van der Waals surface area (Å²) >= 11 is 0. The predicted molar refractivity (Wildman–Crippen MR) is 73.5 cm³/mol. The Bertz CT molecular complexity index is 453. The van der Waals surface area contributed by atoms with E-state index in [0.717, 1.165) is 42.8 Å². The smallest absolute Gasteiger partial charge is 0.325 e. The first kappa shape index (κ1) is 13.9. The Morgan fingerprint density at radius 1 is 1.32 bits per heavy atom. The highest BCUT2D eigenvalue weighted by Crippen LogP contribution is 2.28.